The van der Waals surface area contributed by atoms with Crippen molar-refractivity contribution < 1.29 is 4.79 Å². The number of benzene rings is 1. The van der Waals surface area contributed by atoms with E-state index in [2.05, 4.69) is 40.9 Å². The highest BCUT2D eigenvalue weighted by molar-refractivity contribution is 7.99. The SMILES string of the molecule is CCCc1nnc(SCC(=O)Nc2ccccc2CC)n1CC. The number of aryl methyl sites for hydroxylation is 2. The molecule has 2 aromatic rings. The van der Waals surface area contributed by atoms with Gasteiger partial charge in [0.05, 0.1) is 5.75 Å². The summed E-state index contributed by atoms with van der Waals surface area (Å²) in [4.78, 5) is 12.2. The van der Waals surface area contributed by atoms with Gasteiger partial charge in [0.25, 0.3) is 0 Å². The lowest BCUT2D eigenvalue weighted by Gasteiger charge is -2.10. The van der Waals surface area contributed by atoms with Gasteiger partial charge in [0, 0.05) is 18.7 Å². The van der Waals surface area contributed by atoms with E-state index in [1.165, 1.54) is 11.8 Å². The number of rotatable bonds is 8. The molecule has 0 fully saturated rings. The Labute approximate surface area is 141 Å². The lowest BCUT2D eigenvalue weighted by Crippen LogP contribution is -2.15. The highest BCUT2D eigenvalue weighted by Gasteiger charge is 2.13. The van der Waals surface area contributed by atoms with Crippen molar-refractivity contribution in [2.75, 3.05) is 11.1 Å². The van der Waals surface area contributed by atoms with Crippen molar-refractivity contribution in [1.29, 1.82) is 0 Å². The Kier molecular flexibility index (Phi) is 6.65. The van der Waals surface area contributed by atoms with Crippen LogP contribution >= 0.6 is 11.8 Å². The molecule has 2 rings (SSSR count). The number of aromatic nitrogens is 3. The quantitative estimate of drug-likeness (QED) is 0.751. The van der Waals surface area contributed by atoms with Crippen molar-refractivity contribution in [2.24, 2.45) is 0 Å². The van der Waals surface area contributed by atoms with Gasteiger partial charge in [-0.05, 0) is 31.4 Å². The van der Waals surface area contributed by atoms with Crippen molar-refractivity contribution >= 4 is 23.4 Å². The van der Waals surface area contributed by atoms with E-state index in [0.29, 0.717) is 5.75 Å². The summed E-state index contributed by atoms with van der Waals surface area (Å²) in [6.07, 6.45) is 2.85. The molecule has 124 valence electrons. The van der Waals surface area contributed by atoms with E-state index in [-0.39, 0.29) is 5.91 Å². The third-order valence-corrected chi connectivity index (χ3v) is 4.55. The summed E-state index contributed by atoms with van der Waals surface area (Å²) < 4.78 is 2.08. The third-order valence-electron chi connectivity index (χ3n) is 3.59. The van der Waals surface area contributed by atoms with E-state index < -0.39 is 0 Å². The number of hydrogen-bond acceptors (Lipinski definition) is 4. The van der Waals surface area contributed by atoms with Crippen molar-refractivity contribution in [2.45, 2.75) is 51.7 Å². The highest BCUT2D eigenvalue weighted by Crippen LogP contribution is 2.20. The summed E-state index contributed by atoms with van der Waals surface area (Å²) in [6, 6.07) is 7.90. The van der Waals surface area contributed by atoms with Crippen LogP contribution in [0.2, 0.25) is 0 Å². The van der Waals surface area contributed by atoms with Gasteiger partial charge in [0.2, 0.25) is 5.91 Å². The van der Waals surface area contributed by atoms with Crippen LogP contribution in [-0.2, 0) is 24.2 Å². The molecule has 6 heteroatoms. The first-order chi connectivity index (χ1) is 11.2. The Hall–Kier alpha value is -1.82. The van der Waals surface area contributed by atoms with E-state index in [1.54, 1.807) is 0 Å². The number of para-hydroxylation sites is 1. The first-order valence-electron chi connectivity index (χ1n) is 8.12. The van der Waals surface area contributed by atoms with E-state index >= 15 is 0 Å². The Morgan fingerprint density at radius 2 is 2.00 bits per heavy atom. The molecular weight excluding hydrogens is 308 g/mol. The number of hydrogen-bond donors (Lipinski definition) is 1. The topological polar surface area (TPSA) is 59.8 Å². The summed E-state index contributed by atoms with van der Waals surface area (Å²) in [5, 5.41) is 12.2. The van der Waals surface area contributed by atoms with Crippen LogP contribution in [0, 0.1) is 0 Å². The number of amides is 1. The van der Waals surface area contributed by atoms with Crippen LogP contribution in [-0.4, -0.2) is 26.4 Å². The minimum absolute atomic E-state index is 0.0152. The number of carbonyl (C=O) groups is 1. The minimum Gasteiger partial charge on any atom is -0.325 e. The van der Waals surface area contributed by atoms with E-state index in [0.717, 1.165) is 48.0 Å². The Morgan fingerprint density at radius 3 is 2.70 bits per heavy atom. The fraction of sp³-hybridized carbons (Fsp3) is 0.471. The number of nitrogens with one attached hydrogen (secondary N) is 1. The summed E-state index contributed by atoms with van der Waals surface area (Å²) in [5.41, 5.74) is 2.04. The molecule has 0 radical (unpaired) electrons. The van der Waals surface area contributed by atoms with Crippen molar-refractivity contribution in [1.82, 2.24) is 14.8 Å². The molecule has 1 aromatic carbocycles. The van der Waals surface area contributed by atoms with Crippen LogP contribution in [0.15, 0.2) is 29.4 Å². The second-order valence-electron chi connectivity index (χ2n) is 5.24. The molecule has 0 spiro atoms. The first kappa shape index (κ1) is 17.5. The predicted molar refractivity (Wildman–Crippen MR) is 94.9 cm³/mol. The minimum atomic E-state index is -0.0152. The Morgan fingerprint density at radius 1 is 1.22 bits per heavy atom. The second-order valence-corrected chi connectivity index (χ2v) is 6.18. The molecule has 1 N–H and O–H groups in total. The molecule has 0 saturated heterocycles. The fourth-order valence-electron chi connectivity index (χ4n) is 2.42. The van der Waals surface area contributed by atoms with Crippen molar-refractivity contribution in [3.8, 4) is 0 Å². The molecule has 0 atom stereocenters. The van der Waals surface area contributed by atoms with Crippen LogP contribution in [0.5, 0.6) is 0 Å². The van der Waals surface area contributed by atoms with Gasteiger partial charge in [0.1, 0.15) is 5.82 Å². The molecule has 23 heavy (non-hydrogen) atoms. The third kappa shape index (κ3) is 4.58. The Balaban J connectivity index is 1.97. The normalized spacial score (nSPS) is 10.7. The Bertz CT molecular complexity index is 654. The van der Waals surface area contributed by atoms with Crippen LogP contribution < -0.4 is 5.32 Å². The monoisotopic (exact) mass is 332 g/mol. The lowest BCUT2D eigenvalue weighted by atomic mass is 10.1. The predicted octanol–water partition coefficient (Wildman–Crippen LogP) is 3.54. The highest BCUT2D eigenvalue weighted by atomic mass is 32.2. The van der Waals surface area contributed by atoms with Crippen molar-refractivity contribution in [3.63, 3.8) is 0 Å². The van der Waals surface area contributed by atoms with Crippen molar-refractivity contribution in [3.05, 3.63) is 35.7 Å². The van der Waals surface area contributed by atoms with Crippen LogP contribution in [0.3, 0.4) is 0 Å². The zero-order chi connectivity index (χ0) is 16.7. The molecule has 0 bridgehead atoms. The lowest BCUT2D eigenvalue weighted by molar-refractivity contribution is -0.113. The summed E-state index contributed by atoms with van der Waals surface area (Å²) in [5.74, 6) is 1.32. The van der Waals surface area contributed by atoms with Gasteiger partial charge < -0.3 is 9.88 Å². The maximum atomic E-state index is 12.2. The number of carbonyl (C=O) groups excluding carboxylic acids is 1. The fourth-order valence-corrected chi connectivity index (χ4v) is 3.24. The van der Waals surface area contributed by atoms with Crippen LogP contribution in [0.1, 0.15) is 38.6 Å². The zero-order valence-corrected chi connectivity index (χ0v) is 14.8. The maximum absolute atomic E-state index is 12.2. The maximum Gasteiger partial charge on any atom is 0.234 e. The van der Waals surface area contributed by atoms with Gasteiger partial charge in [-0.3, -0.25) is 4.79 Å². The number of nitrogens with zero attached hydrogens (tertiary/aromatic N) is 3. The molecular formula is C17H24N4OS. The van der Waals surface area contributed by atoms with E-state index in [9.17, 15) is 4.79 Å². The zero-order valence-electron chi connectivity index (χ0n) is 14.0. The van der Waals surface area contributed by atoms with Gasteiger partial charge >= 0.3 is 0 Å². The molecule has 5 nitrogen and oxygen atoms in total. The molecule has 1 amide bonds. The van der Waals surface area contributed by atoms with E-state index in [1.807, 2.05) is 24.3 Å². The number of anilines is 1. The number of thioether (sulfide) groups is 1. The summed E-state index contributed by atoms with van der Waals surface area (Å²) in [6.45, 7) is 7.11. The van der Waals surface area contributed by atoms with Gasteiger partial charge in [-0.15, -0.1) is 10.2 Å². The molecule has 1 heterocycles. The first-order valence-corrected chi connectivity index (χ1v) is 9.10. The van der Waals surface area contributed by atoms with Crippen LogP contribution in [0.25, 0.3) is 0 Å². The molecule has 0 aliphatic carbocycles. The van der Waals surface area contributed by atoms with E-state index in [4.69, 9.17) is 0 Å². The van der Waals surface area contributed by atoms with Crippen LogP contribution in [0.4, 0.5) is 5.69 Å². The smallest absolute Gasteiger partial charge is 0.234 e. The molecule has 1 aromatic heterocycles. The molecule has 0 aliphatic rings. The van der Waals surface area contributed by atoms with Gasteiger partial charge in [0.15, 0.2) is 5.16 Å². The summed E-state index contributed by atoms with van der Waals surface area (Å²) in [7, 11) is 0. The van der Waals surface area contributed by atoms with Gasteiger partial charge in [-0.2, -0.15) is 0 Å². The average Bonchev–Trinajstić information content (AvgIpc) is 2.95. The van der Waals surface area contributed by atoms with Gasteiger partial charge in [-0.1, -0.05) is 43.8 Å². The molecule has 0 unspecified atom stereocenters. The average molecular weight is 332 g/mol. The molecule has 0 aliphatic heterocycles. The largest absolute Gasteiger partial charge is 0.325 e. The summed E-state index contributed by atoms with van der Waals surface area (Å²) >= 11 is 1.44. The molecule has 0 saturated carbocycles. The van der Waals surface area contributed by atoms with Gasteiger partial charge in [-0.25, -0.2) is 0 Å². The standard InChI is InChI=1S/C17H24N4OS/c1-4-9-15-19-20-17(21(15)6-3)23-12-16(22)18-14-11-8-7-10-13(14)5-2/h7-8,10-11H,4-6,9,12H2,1-3H3,(H,18,22). The second kappa shape index (κ2) is 8.72.